The number of anilines is 2. The Labute approximate surface area is 85.0 Å². The standard InChI is InChI=1S/C9H8N4O2/c14-9(15)7-4-11-5-12-8(7)13-6-1-2-10-3-6/h1-5,10H,(H,14,15)(H,11,12,13). The van der Waals surface area contributed by atoms with Crippen LogP contribution in [0.2, 0.25) is 0 Å². The fraction of sp³-hybridized carbons (Fsp3) is 0. The summed E-state index contributed by atoms with van der Waals surface area (Å²) in [5.41, 5.74) is 0.787. The first-order valence-electron chi connectivity index (χ1n) is 4.20. The first-order valence-corrected chi connectivity index (χ1v) is 4.20. The van der Waals surface area contributed by atoms with Crippen molar-refractivity contribution in [1.29, 1.82) is 0 Å². The zero-order valence-corrected chi connectivity index (χ0v) is 7.64. The molecule has 2 rings (SSSR count). The number of H-pyrrole nitrogens is 1. The Morgan fingerprint density at radius 1 is 1.53 bits per heavy atom. The summed E-state index contributed by atoms with van der Waals surface area (Å²) >= 11 is 0. The average molecular weight is 204 g/mol. The van der Waals surface area contributed by atoms with Crippen LogP contribution in [0.5, 0.6) is 0 Å². The fourth-order valence-corrected chi connectivity index (χ4v) is 1.12. The van der Waals surface area contributed by atoms with E-state index in [2.05, 4.69) is 20.3 Å². The van der Waals surface area contributed by atoms with E-state index in [1.165, 1.54) is 12.5 Å². The number of carboxylic acid groups (broad SMARTS) is 1. The summed E-state index contributed by atoms with van der Waals surface area (Å²) in [6, 6.07) is 1.77. The first-order chi connectivity index (χ1) is 7.27. The van der Waals surface area contributed by atoms with Crippen molar-refractivity contribution in [1.82, 2.24) is 15.0 Å². The highest BCUT2D eigenvalue weighted by Gasteiger charge is 2.11. The quantitative estimate of drug-likeness (QED) is 0.699. The normalized spacial score (nSPS) is 9.87. The molecular formula is C9H8N4O2. The van der Waals surface area contributed by atoms with Gasteiger partial charge in [-0.25, -0.2) is 14.8 Å². The fourth-order valence-electron chi connectivity index (χ4n) is 1.12. The molecule has 0 saturated heterocycles. The molecule has 0 aliphatic carbocycles. The maximum Gasteiger partial charge on any atom is 0.341 e. The van der Waals surface area contributed by atoms with Crippen molar-refractivity contribution in [2.75, 3.05) is 5.32 Å². The minimum atomic E-state index is -1.06. The van der Waals surface area contributed by atoms with Gasteiger partial charge in [0.2, 0.25) is 0 Å². The molecule has 0 saturated carbocycles. The van der Waals surface area contributed by atoms with Gasteiger partial charge in [-0.2, -0.15) is 0 Å². The Morgan fingerprint density at radius 3 is 3.07 bits per heavy atom. The Hall–Kier alpha value is -2.37. The molecule has 0 unspecified atom stereocenters. The number of aromatic nitrogens is 3. The molecule has 2 heterocycles. The van der Waals surface area contributed by atoms with E-state index in [-0.39, 0.29) is 11.4 Å². The van der Waals surface area contributed by atoms with Crippen LogP contribution in [0.1, 0.15) is 10.4 Å². The van der Waals surface area contributed by atoms with Crippen LogP contribution in [-0.4, -0.2) is 26.0 Å². The predicted octanol–water partition coefficient (Wildman–Crippen LogP) is 1.25. The van der Waals surface area contributed by atoms with E-state index in [0.29, 0.717) is 0 Å². The van der Waals surface area contributed by atoms with Gasteiger partial charge in [-0.3, -0.25) is 0 Å². The van der Waals surface area contributed by atoms with Crippen LogP contribution in [0.15, 0.2) is 31.0 Å². The molecule has 0 fully saturated rings. The number of carbonyl (C=O) groups is 1. The second-order valence-corrected chi connectivity index (χ2v) is 2.81. The molecule has 0 aliphatic heterocycles. The third kappa shape index (κ3) is 1.93. The molecule has 2 aromatic heterocycles. The van der Waals surface area contributed by atoms with Crippen molar-refractivity contribution < 1.29 is 9.90 Å². The van der Waals surface area contributed by atoms with Crippen molar-refractivity contribution in [3.8, 4) is 0 Å². The summed E-state index contributed by atoms with van der Waals surface area (Å²) in [7, 11) is 0. The molecule has 6 heteroatoms. The molecule has 15 heavy (non-hydrogen) atoms. The highest BCUT2D eigenvalue weighted by Crippen LogP contribution is 2.16. The molecule has 0 bridgehead atoms. The van der Waals surface area contributed by atoms with Gasteiger partial charge >= 0.3 is 5.97 Å². The Morgan fingerprint density at radius 2 is 2.40 bits per heavy atom. The lowest BCUT2D eigenvalue weighted by atomic mass is 10.3. The number of hydrogen-bond donors (Lipinski definition) is 3. The number of rotatable bonds is 3. The maximum atomic E-state index is 10.8. The van der Waals surface area contributed by atoms with Crippen LogP contribution in [0, 0.1) is 0 Å². The summed E-state index contributed by atoms with van der Waals surface area (Å²) in [6.45, 7) is 0. The van der Waals surface area contributed by atoms with Crippen molar-refractivity contribution in [3.05, 3.63) is 36.5 Å². The third-order valence-corrected chi connectivity index (χ3v) is 1.80. The third-order valence-electron chi connectivity index (χ3n) is 1.80. The van der Waals surface area contributed by atoms with Gasteiger partial charge in [-0.1, -0.05) is 0 Å². The van der Waals surface area contributed by atoms with Crippen molar-refractivity contribution in [2.24, 2.45) is 0 Å². The number of aromatic amines is 1. The SMILES string of the molecule is O=C(O)c1cncnc1Nc1cc[nH]c1. The summed E-state index contributed by atoms with van der Waals surface area (Å²) in [5.74, 6) is -0.786. The van der Waals surface area contributed by atoms with E-state index >= 15 is 0 Å². The highest BCUT2D eigenvalue weighted by molar-refractivity contribution is 5.93. The van der Waals surface area contributed by atoms with E-state index in [1.54, 1.807) is 18.5 Å². The van der Waals surface area contributed by atoms with Crippen LogP contribution in [-0.2, 0) is 0 Å². The first kappa shape index (κ1) is 9.20. The minimum absolute atomic E-state index is 0.0405. The maximum absolute atomic E-state index is 10.8. The summed E-state index contributed by atoms with van der Waals surface area (Å²) in [5, 5.41) is 11.7. The number of nitrogens with zero attached hydrogens (tertiary/aromatic N) is 2. The molecule has 2 aromatic rings. The van der Waals surface area contributed by atoms with Gasteiger partial charge in [0.15, 0.2) is 0 Å². The predicted molar refractivity (Wildman–Crippen MR) is 53.1 cm³/mol. The Kier molecular flexibility index (Phi) is 2.32. The van der Waals surface area contributed by atoms with Crippen LogP contribution >= 0.6 is 0 Å². The average Bonchev–Trinajstić information content (AvgIpc) is 2.71. The second kappa shape index (κ2) is 3.79. The van der Waals surface area contributed by atoms with E-state index in [1.807, 2.05) is 0 Å². The topological polar surface area (TPSA) is 90.9 Å². The smallest absolute Gasteiger partial charge is 0.341 e. The molecule has 3 N–H and O–H groups in total. The van der Waals surface area contributed by atoms with Crippen LogP contribution in [0.3, 0.4) is 0 Å². The van der Waals surface area contributed by atoms with Gasteiger partial charge in [-0.05, 0) is 6.07 Å². The molecule has 6 nitrogen and oxygen atoms in total. The van der Waals surface area contributed by atoms with Gasteiger partial charge in [0.25, 0.3) is 0 Å². The Balaban J connectivity index is 2.32. The molecule has 0 amide bonds. The zero-order valence-electron chi connectivity index (χ0n) is 7.64. The van der Waals surface area contributed by atoms with Gasteiger partial charge in [0, 0.05) is 18.6 Å². The molecule has 76 valence electrons. The number of carboxylic acids is 1. The lowest BCUT2D eigenvalue weighted by Gasteiger charge is -2.04. The number of aromatic carboxylic acids is 1. The van der Waals surface area contributed by atoms with Gasteiger partial charge in [0.05, 0.1) is 5.69 Å². The molecule has 0 aliphatic rings. The lowest BCUT2D eigenvalue weighted by Crippen LogP contribution is -2.04. The monoisotopic (exact) mass is 204 g/mol. The van der Waals surface area contributed by atoms with E-state index in [9.17, 15) is 4.79 Å². The molecule has 0 aromatic carbocycles. The minimum Gasteiger partial charge on any atom is -0.477 e. The molecular weight excluding hydrogens is 196 g/mol. The largest absolute Gasteiger partial charge is 0.477 e. The van der Waals surface area contributed by atoms with Crippen LogP contribution in [0.4, 0.5) is 11.5 Å². The van der Waals surface area contributed by atoms with Crippen LogP contribution < -0.4 is 5.32 Å². The molecule has 0 spiro atoms. The summed E-state index contributed by atoms with van der Waals surface area (Å²) < 4.78 is 0. The molecule has 0 atom stereocenters. The van der Waals surface area contributed by atoms with Crippen molar-refractivity contribution in [2.45, 2.75) is 0 Å². The summed E-state index contributed by atoms with van der Waals surface area (Å²) in [4.78, 5) is 21.2. The summed E-state index contributed by atoms with van der Waals surface area (Å²) in [6.07, 6.45) is 5.98. The highest BCUT2D eigenvalue weighted by atomic mass is 16.4. The second-order valence-electron chi connectivity index (χ2n) is 2.81. The van der Waals surface area contributed by atoms with Gasteiger partial charge in [-0.15, -0.1) is 0 Å². The van der Waals surface area contributed by atoms with E-state index < -0.39 is 5.97 Å². The van der Waals surface area contributed by atoms with Gasteiger partial charge in [0.1, 0.15) is 17.7 Å². The van der Waals surface area contributed by atoms with E-state index in [4.69, 9.17) is 5.11 Å². The van der Waals surface area contributed by atoms with Gasteiger partial charge < -0.3 is 15.4 Å². The molecule has 0 radical (unpaired) electrons. The van der Waals surface area contributed by atoms with Crippen molar-refractivity contribution in [3.63, 3.8) is 0 Å². The lowest BCUT2D eigenvalue weighted by molar-refractivity contribution is 0.0697. The zero-order chi connectivity index (χ0) is 10.7. The van der Waals surface area contributed by atoms with Crippen molar-refractivity contribution >= 4 is 17.5 Å². The van der Waals surface area contributed by atoms with Crippen LogP contribution in [0.25, 0.3) is 0 Å². The Bertz CT molecular complexity index is 467. The van der Waals surface area contributed by atoms with E-state index in [0.717, 1.165) is 5.69 Å². The number of nitrogens with one attached hydrogen (secondary N) is 2. The number of hydrogen-bond acceptors (Lipinski definition) is 4.